The fraction of sp³-hybridized carbons (Fsp3) is 0.769. The van der Waals surface area contributed by atoms with Crippen LogP contribution in [0.3, 0.4) is 0 Å². The van der Waals surface area contributed by atoms with Crippen LogP contribution < -0.4 is 5.32 Å². The molecule has 1 aliphatic rings. The molecular formula is C13H23N3O. The van der Waals surface area contributed by atoms with Gasteiger partial charge in [0.15, 0.2) is 0 Å². The van der Waals surface area contributed by atoms with Crippen LogP contribution in [0.1, 0.15) is 38.9 Å². The van der Waals surface area contributed by atoms with Crippen molar-refractivity contribution < 1.29 is 4.74 Å². The second-order valence-corrected chi connectivity index (χ2v) is 5.18. The molecule has 0 aliphatic carbocycles. The lowest BCUT2D eigenvalue weighted by Gasteiger charge is -2.38. The zero-order valence-corrected chi connectivity index (χ0v) is 11.1. The third-order valence-electron chi connectivity index (χ3n) is 3.81. The van der Waals surface area contributed by atoms with E-state index in [1.54, 1.807) is 0 Å². The van der Waals surface area contributed by atoms with Crippen LogP contribution in [0, 0.1) is 0 Å². The molecule has 96 valence electrons. The predicted octanol–water partition coefficient (Wildman–Crippen LogP) is 1.86. The molecule has 1 aromatic rings. The number of rotatable bonds is 4. The van der Waals surface area contributed by atoms with Crippen LogP contribution in [-0.2, 0) is 18.3 Å². The van der Waals surface area contributed by atoms with E-state index in [-0.39, 0.29) is 5.60 Å². The van der Waals surface area contributed by atoms with Crippen molar-refractivity contribution in [3.8, 4) is 0 Å². The topological polar surface area (TPSA) is 39.1 Å². The van der Waals surface area contributed by atoms with Gasteiger partial charge in [0.2, 0.25) is 0 Å². The fourth-order valence-corrected chi connectivity index (χ4v) is 2.35. The van der Waals surface area contributed by atoms with Gasteiger partial charge in [-0.2, -0.15) is 0 Å². The molecule has 2 rings (SSSR count). The van der Waals surface area contributed by atoms with E-state index in [4.69, 9.17) is 4.74 Å². The standard InChI is InChI=1S/C13H23N3O/c1-4-13(2)9-11(5-8-17-13)15-10-12-14-6-7-16(12)3/h6-7,11,15H,4-5,8-10H2,1-3H3. The number of aromatic nitrogens is 2. The number of ether oxygens (including phenoxy) is 1. The molecular weight excluding hydrogens is 214 g/mol. The summed E-state index contributed by atoms with van der Waals surface area (Å²) < 4.78 is 7.91. The number of nitrogens with zero attached hydrogens (tertiary/aromatic N) is 2. The maximum absolute atomic E-state index is 5.84. The van der Waals surface area contributed by atoms with Crippen LogP contribution in [0.2, 0.25) is 0 Å². The first-order valence-electron chi connectivity index (χ1n) is 6.46. The zero-order chi connectivity index (χ0) is 12.3. The van der Waals surface area contributed by atoms with Crippen LogP contribution >= 0.6 is 0 Å². The molecule has 1 fully saturated rings. The van der Waals surface area contributed by atoms with Gasteiger partial charge >= 0.3 is 0 Å². The summed E-state index contributed by atoms with van der Waals surface area (Å²) in [6, 6.07) is 0.547. The minimum Gasteiger partial charge on any atom is -0.375 e. The van der Waals surface area contributed by atoms with Crippen molar-refractivity contribution in [3.05, 3.63) is 18.2 Å². The Kier molecular flexibility index (Phi) is 3.84. The molecule has 0 saturated carbocycles. The third-order valence-corrected chi connectivity index (χ3v) is 3.81. The maximum atomic E-state index is 5.84. The Balaban J connectivity index is 1.85. The van der Waals surface area contributed by atoms with E-state index >= 15 is 0 Å². The summed E-state index contributed by atoms with van der Waals surface area (Å²) in [5.74, 6) is 1.09. The number of aryl methyl sites for hydroxylation is 1. The van der Waals surface area contributed by atoms with Crippen molar-refractivity contribution in [2.45, 2.75) is 51.3 Å². The Morgan fingerprint density at radius 1 is 1.65 bits per heavy atom. The molecule has 0 radical (unpaired) electrons. The van der Waals surface area contributed by atoms with Crippen molar-refractivity contribution in [2.24, 2.45) is 7.05 Å². The molecule has 2 atom stereocenters. The molecule has 1 saturated heterocycles. The van der Waals surface area contributed by atoms with E-state index in [1.807, 2.05) is 19.4 Å². The number of nitrogens with one attached hydrogen (secondary N) is 1. The molecule has 0 bridgehead atoms. The van der Waals surface area contributed by atoms with E-state index in [0.717, 1.165) is 38.2 Å². The lowest BCUT2D eigenvalue weighted by atomic mass is 9.90. The Morgan fingerprint density at radius 2 is 2.47 bits per heavy atom. The van der Waals surface area contributed by atoms with Crippen molar-refractivity contribution in [3.63, 3.8) is 0 Å². The molecule has 2 heterocycles. The van der Waals surface area contributed by atoms with Crippen LogP contribution in [0.5, 0.6) is 0 Å². The average molecular weight is 237 g/mol. The van der Waals surface area contributed by atoms with Gasteiger partial charge in [-0.15, -0.1) is 0 Å². The molecule has 4 heteroatoms. The van der Waals surface area contributed by atoms with Gasteiger partial charge in [-0.1, -0.05) is 6.92 Å². The lowest BCUT2D eigenvalue weighted by molar-refractivity contribution is -0.0782. The van der Waals surface area contributed by atoms with Gasteiger partial charge in [-0.05, 0) is 26.2 Å². The molecule has 1 aliphatic heterocycles. The summed E-state index contributed by atoms with van der Waals surface area (Å²) in [6.07, 6.45) is 7.09. The summed E-state index contributed by atoms with van der Waals surface area (Å²) in [7, 11) is 2.03. The largest absolute Gasteiger partial charge is 0.375 e. The average Bonchev–Trinajstić information content (AvgIpc) is 2.73. The van der Waals surface area contributed by atoms with Crippen LogP contribution in [-0.4, -0.2) is 27.8 Å². The molecule has 17 heavy (non-hydrogen) atoms. The summed E-state index contributed by atoms with van der Waals surface area (Å²) in [5.41, 5.74) is 0.0531. The molecule has 0 spiro atoms. The van der Waals surface area contributed by atoms with Crippen LogP contribution in [0.25, 0.3) is 0 Å². The number of hydrogen-bond acceptors (Lipinski definition) is 3. The molecule has 4 nitrogen and oxygen atoms in total. The van der Waals surface area contributed by atoms with Crippen molar-refractivity contribution in [1.29, 1.82) is 0 Å². The molecule has 0 amide bonds. The van der Waals surface area contributed by atoms with Crippen LogP contribution in [0.15, 0.2) is 12.4 Å². The normalized spacial score (nSPS) is 29.5. The Labute approximate surface area is 103 Å². The van der Waals surface area contributed by atoms with Gasteiger partial charge in [0.05, 0.1) is 12.1 Å². The van der Waals surface area contributed by atoms with E-state index in [0.29, 0.717) is 6.04 Å². The minimum absolute atomic E-state index is 0.0531. The second kappa shape index (κ2) is 5.19. The monoisotopic (exact) mass is 237 g/mol. The van der Waals surface area contributed by atoms with Crippen molar-refractivity contribution in [2.75, 3.05) is 6.61 Å². The smallest absolute Gasteiger partial charge is 0.122 e. The fourth-order valence-electron chi connectivity index (χ4n) is 2.35. The SMILES string of the molecule is CCC1(C)CC(NCc2nccn2C)CCO1. The highest BCUT2D eigenvalue weighted by Gasteiger charge is 2.31. The maximum Gasteiger partial charge on any atom is 0.122 e. The summed E-state index contributed by atoms with van der Waals surface area (Å²) in [6.45, 7) is 6.11. The Morgan fingerprint density at radius 3 is 3.12 bits per heavy atom. The molecule has 0 aromatic carbocycles. The van der Waals surface area contributed by atoms with E-state index in [2.05, 4.69) is 28.7 Å². The van der Waals surface area contributed by atoms with Gasteiger partial charge < -0.3 is 14.6 Å². The number of hydrogen-bond donors (Lipinski definition) is 1. The van der Waals surface area contributed by atoms with Gasteiger partial charge in [0.1, 0.15) is 5.82 Å². The quantitative estimate of drug-likeness (QED) is 0.868. The van der Waals surface area contributed by atoms with Gasteiger partial charge in [0, 0.05) is 32.1 Å². The lowest BCUT2D eigenvalue weighted by Crippen LogP contribution is -2.45. The highest BCUT2D eigenvalue weighted by atomic mass is 16.5. The van der Waals surface area contributed by atoms with E-state index < -0.39 is 0 Å². The van der Waals surface area contributed by atoms with E-state index in [1.165, 1.54) is 0 Å². The number of imidazole rings is 1. The first-order chi connectivity index (χ1) is 8.13. The summed E-state index contributed by atoms with van der Waals surface area (Å²) in [4.78, 5) is 4.33. The summed E-state index contributed by atoms with van der Waals surface area (Å²) in [5, 5.41) is 3.59. The minimum atomic E-state index is 0.0531. The first kappa shape index (κ1) is 12.6. The second-order valence-electron chi connectivity index (χ2n) is 5.18. The van der Waals surface area contributed by atoms with Crippen molar-refractivity contribution in [1.82, 2.24) is 14.9 Å². The van der Waals surface area contributed by atoms with Crippen LogP contribution in [0.4, 0.5) is 0 Å². The predicted molar refractivity (Wildman–Crippen MR) is 67.7 cm³/mol. The zero-order valence-electron chi connectivity index (χ0n) is 11.1. The Hall–Kier alpha value is -0.870. The highest BCUT2D eigenvalue weighted by molar-refractivity contribution is 4.92. The van der Waals surface area contributed by atoms with Gasteiger partial charge in [0.25, 0.3) is 0 Å². The van der Waals surface area contributed by atoms with Gasteiger partial charge in [-0.25, -0.2) is 4.98 Å². The molecule has 1 N–H and O–H groups in total. The summed E-state index contributed by atoms with van der Waals surface area (Å²) >= 11 is 0. The first-order valence-corrected chi connectivity index (χ1v) is 6.46. The van der Waals surface area contributed by atoms with E-state index in [9.17, 15) is 0 Å². The molecule has 2 unspecified atom stereocenters. The third kappa shape index (κ3) is 3.07. The molecule has 1 aromatic heterocycles. The Bertz CT molecular complexity index is 363. The van der Waals surface area contributed by atoms with Crippen molar-refractivity contribution >= 4 is 0 Å². The van der Waals surface area contributed by atoms with Gasteiger partial charge in [-0.3, -0.25) is 0 Å². The highest BCUT2D eigenvalue weighted by Crippen LogP contribution is 2.27.